The Morgan fingerprint density at radius 3 is 2.86 bits per heavy atom. The van der Waals surface area contributed by atoms with Gasteiger partial charge in [0.25, 0.3) is 5.91 Å². The van der Waals surface area contributed by atoms with Gasteiger partial charge in [0.15, 0.2) is 0 Å². The molecule has 0 bridgehead atoms. The minimum atomic E-state index is -0.136. The lowest BCUT2D eigenvalue weighted by atomic mass is 10.0. The van der Waals surface area contributed by atoms with E-state index in [1.54, 1.807) is 11.3 Å². The summed E-state index contributed by atoms with van der Waals surface area (Å²) in [4.78, 5) is 16.4. The zero-order chi connectivity index (χ0) is 15.1. The number of likely N-dealkylation sites (N-methyl/N-ethyl adjacent to an activating group) is 1. The zero-order valence-corrected chi connectivity index (χ0v) is 13.4. The molecule has 0 saturated carbocycles. The van der Waals surface area contributed by atoms with Gasteiger partial charge in [-0.05, 0) is 24.1 Å². The molecule has 1 atom stereocenters. The number of hydrogen-bond donors (Lipinski definition) is 2. The standard InChI is InChI=1S/C17H19N3OS/c1-2-20-9-8-12-13(10-20)22-17-14(12)16(21)18-15(19-17)11-6-4-3-5-7-11/h3-7,15,19H,2,8-10H2,1H3,(H,18,21)/t15-/m0/s1. The first-order valence-corrected chi connectivity index (χ1v) is 8.57. The fraction of sp³-hybridized carbons (Fsp3) is 0.353. The van der Waals surface area contributed by atoms with Crippen LogP contribution in [0.1, 0.15) is 39.5 Å². The van der Waals surface area contributed by atoms with Crippen molar-refractivity contribution in [2.75, 3.05) is 18.4 Å². The predicted molar refractivity (Wildman–Crippen MR) is 89.2 cm³/mol. The van der Waals surface area contributed by atoms with Crippen LogP contribution < -0.4 is 10.6 Å². The molecular weight excluding hydrogens is 294 g/mol. The molecule has 2 aliphatic rings. The first-order valence-electron chi connectivity index (χ1n) is 7.75. The Hall–Kier alpha value is -1.85. The van der Waals surface area contributed by atoms with Crippen LogP contribution >= 0.6 is 11.3 Å². The number of nitrogens with zero attached hydrogens (tertiary/aromatic N) is 1. The Morgan fingerprint density at radius 2 is 2.09 bits per heavy atom. The van der Waals surface area contributed by atoms with E-state index in [-0.39, 0.29) is 12.1 Å². The maximum Gasteiger partial charge on any atom is 0.256 e. The van der Waals surface area contributed by atoms with Crippen LogP contribution in [0.4, 0.5) is 5.00 Å². The van der Waals surface area contributed by atoms with Crippen LogP contribution in [0.2, 0.25) is 0 Å². The van der Waals surface area contributed by atoms with E-state index in [0.717, 1.165) is 42.2 Å². The second-order valence-electron chi connectivity index (χ2n) is 5.79. The molecule has 0 radical (unpaired) electrons. The molecule has 4 nitrogen and oxygen atoms in total. The lowest BCUT2D eigenvalue weighted by Crippen LogP contribution is -2.38. The van der Waals surface area contributed by atoms with Gasteiger partial charge in [0, 0.05) is 18.0 Å². The van der Waals surface area contributed by atoms with Crippen LogP contribution in [-0.2, 0) is 13.0 Å². The van der Waals surface area contributed by atoms with Crippen molar-refractivity contribution in [1.29, 1.82) is 0 Å². The molecule has 4 rings (SSSR count). The van der Waals surface area contributed by atoms with Gasteiger partial charge in [-0.25, -0.2) is 0 Å². The van der Waals surface area contributed by atoms with Crippen molar-refractivity contribution in [2.45, 2.75) is 26.1 Å². The second-order valence-corrected chi connectivity index (χ2v) is 6.89. The number of carbonyl (C=O) groups excluding carboxylic acids is 1. The van der Waals surface area contributed by atoms with E-state index >= 15 is 0 Å². The smallest absolute Gasteiger partial charge is 0.256 e. The Morgan fingerprint density at radius 1 is 1.27 bits per heavy atom. The summed E-state index contributed by atoms with van der Waals surface area (Å²) in [6.07, 6.45) is 0.837. The first kappa shape index (κ1) is 13.8. The molecule has 0 spiro atoms. The topological polar surface area (TPSA) is 44.4 Å². The number of benzene rings is 1. The highest BCUT2D eigenvalue weighted by Crippen LogP contribution is 2.40. The number of carbonyl (C=O) groups is 1. The molecule has 2 N–H and O–H groups in total. The Bertz CT molecular complexity index is 710. The maximum atomic E-state index is 12.6. The fourth-order valence-corrected chi connectivity index (χ4v) is 4.57. The highest BCUT2D eigenvalue weighted by atomic mass is 32.1. The Labute approximate surface area is 134 Å². The summed E-state index contributed by atoms with van der Waals surface area (Å²) in [5.74, 6) is 0.0602. The summed E-state index contributed by atoms with van der Waals surface area (Å²) < 4.78 is 0. The molecule has 1 aromatic heterocycles. The van der Waals surface area contributed by atoms with E-state index in [0.29, 0.717) is 0 Å². The molecule has 1 aromatic carbocycles. The number of amides is 1. The van der Waals surface area contributed by atoms with Crippen LogP contribution in [0.3, 0.4) is 0 Å². The molecule has 0 fully saturated rings. The van der Waals surface area contributed by atoms with E-state index < -0.39 is 0 Å². The number of fused-ring (bicyclic) bond motifs is 3. The van der Waals surface area contributed by atoms with Crippen LogP contribution in [0.25, 0.3) is 0 Å². The zero-order valence-electron chi connectivity index (χ0n) is 12.6. The number of rotatable bonds is 2. The van der Waals surface area contributed by atoms with Gasteiger partial charge in [-0.2, -0.15) is 0 Å². The quantitative estimate of drug-likeness (QED) is 0.896. The van der Waals surface area contributed by atoms with Gasteiger partial charge in [0.1, 0.15) is 11.2 Å². The molecule has 22 heavy (non-hydrogen) atoms. The summed E-state index contributed by atoms with van der Waals surface area (Å²) in [6, 6.07) is 10.1. The molecule has 1 amide bonds. The molecule has 114 valence electrons. The lowest BCUT2D eigenvalue weighted by molar-refractivity contribution is 0.0934. The summed E-state index contributed by atoms with van der Waals surface area (Å²) in [7, 11) is 0. The molecule has 0 aliphatic carbocycles. The number of hydrogen-bond acceptors (Lipinski definition) is 4. The fourth-order valence-electron chi connectivity index (χ4n) is 3.25. The molecule has 5 heteroatoms. The van der Waals surface area contributed by atoms with Gasteiger partial charge in [-0.1, -0.05) is 37.3 Å². The van der Waals surface area contributed by atoms with E-state index in [1.807, 2.05) is 30.3 Å². The summed E-state index contributed by atoms with van der Waals surface area (Å²) >= 11 is 1.75. The van der Waals surface area contributed by atoms with E-state index in [4.69, 9.17) is 0 Å². The predicted octanol–water partition coefficient (Wildman–Crippen LogP) is 2.98. The number of anilines is 1. The van der Waals surface area contributed by atoms with Crippen LogP contribution in [0.15, 0.2) is 30.3 Å². The maximum absolute atomic E-state index is 12.6. The molecule has 2 aliphatic heterocycles. The van der Waals surface area contributed by atoms with Gasteiger partial charge in [-0.15, -0.1) is 11.3 Å². The van der Waals surface area contributed by atoms with Gasteiger partial charge < -0.3 is 10.6 Å². The Kier molecular flexibility index (Phi) is 3.39. The average Bonchev–Trinajstić information content (AvgIpc) is 2.93. The van der Waals surface area contributed by atoms with Gasteiger partial charge in [0.2, 0.25) is 0 Å². The third-order valence-corrected chi connectivity index (χ3v) is 5.64. The minimum Gasteiger partial charge on any atom is -0.353 e. The van der Waals surface area contributed by atoms with Crippen molar-refractivity contribution < 1.29 is 4.79 Å². The normalized spacial score (nSPS) is 20.8. The van der Waals surface area contributed by atoms with E-state index in [2.05, 4.69) is 22.5 Å². The molecule has 3 heterocycles. The monoisotopic (exact) mass is 313 g/mol. The minimum absolute atomic E-state index is 0.0602. The van der Waals surface area contributed by atoms with Crippen molar-refractivity contribution in [3.8, 4) is 0 Å². The first-order chi connectivity index (χ1) is 10.8. The highest BCUT2D eigenvalue weighted by Gasteiger charge is 2.32. The third kappa shape index (κ3) is 2.21. The summed E-state index contributed by atoms with van der Waals surface area (Å²) in [5, 5.41) is 7.62. The number of nitrogens with one attached hydrogen (secondary N) is 2. The summed E-state index contributed by atoms with van der Waals surface area (Å²) in [5.41, 5.74) is 3.22. The highest BCUT2D eigenvalue weighted by molar-refractivity contribution is 7.16. The third-order valence-electron chi connectivity index (χ3n) is 4.49. The van der Waals surface area contributed by atoms with Gasteiger partial charge >= 0.3 is 0 Å². The lowest BCUT2D eigenvalue weighted by Gasteiger charge is -2.28. The molecule has 0 unspecified atom stereocenters. The molecular formula is C17H19N3OS. The van der Waals surface area contributed by atoms with Crippen molar-refractivity contribution in [1.82, 2.24) is 10.2 Å². The van der Waals surface area contributed by atoms with Crippen LogP contribution in [0, 0.1) is 0 Å². The van der Waals surface area contributed by atoms with E-state index in [9.17, 15) is 4.79 Å². The second kappa shape index (κ2) is 5.41. The average molecular weight is 313 g/mol. The van der Waals surface area contributed by atoms with Crippen LogP contribution in [0.5, 0.6) is 0 Å². The van der Waals surface area contributed by atoms with Crippen molar-refractivity contribution in [2.24, 2.45) is 0 Å². The SMILES string of the molecule is CCN1CCc2c(sc3c2C(=O)N[C@H](c2ccccc2)N3)C1. The van der Waals surface area contributed by atoms with Crippen LogP contribution in [-0.4, -0.2) is 23.9 Å². The molecule has 2 aromatic rings. The van der Waals surface area contributed by atoms with E-state index in [1.165, 1.54) is 10.4 Å². The molecule has 0 saturated heterocycles. The van der Waals surface area contributed by atoms with Crippen molar-refractivity contribution >= 4 is 22.2 Å². The summed E-state index contributed by atoms with van der Waals surface area (Å²) in [6.45, 7) is 5.26. The van der Waals surface area contributed by atoms with Crippen molar-refractivity contribution in [3.05, 3.63) is 51.9 Å². The van der Waals surface area contributed by atoms with Crippen molar-refractivity contribution in [3.63, 3.8) is 0 Å². The number of thiophene rings is 1. The largest absolute Gasteiger partial charge is 0.353 e. The Balaban J connectivity index is 1.68. The van der Waals surface area contributed by atoms with Gasteiger partial charge in [0.05, 0.1) is 5.56 Å². The van der Waals surface area contributed by atoms with Gasteiger partial charge in [-0.3, -0.25) is 9.69 Å².